The van der Waals surface area contributed by atoms with Gasteiger partial charge in [-0.1, -0.05) is 6.42 Å². The predicted octanol–water partition coefficient (Wildman–Crippen LogP) is 1.13. The van der Waals surface area contributed by atoms with E-state index in [1.54, 1.807) is 0 Å². The summed E-state index contributed by atoms with van der Waals surface area (Å²) in [5.74, 6) is 0.938. The molecule has 3 rings (SSSR count). The number of nitrogens with one attached hydrogen (secondary N) is 1. The van der Waals surface area contributed by atoms with Crippen LogP contribution in [0, 0.1) is 5.92 Å². The molecule has 106 valence electrons. The second kappa shape index (κ2) is 5.25. The highest BCUT2D eigenvalue weighted by atomic mass is 32.2. The summed E-state index contributed by atoms with van der Waals surface area (Å²) in [6.07, 6.45) is 8.20. The Kier molecular flexibility index (Phi) is 3.62. The molecule has 2 aliphatic heterocycles. The maximum atomic E-state index is 11.5. The van der Waals surface area contributed by atoms with E-state index in [2.05, 4.69) is 14.9 Å². The molecule has 5 nitrogen and oxygen atoms in total. The number of rotatable bonds is 3. The highest BCUT2D eigenvalue weighted by Gasteiger charge is 2.29. The molecule has 1 aromatic heterocycles. The van der Waals surface area contributed by atoms with Gasteiger partial charge in [0.1, 0.15) is 0 Å². The molecule has 1 aromatic rings. The van der Waals surface area contributed by atoms with Gasteiger partial charge in [-0.05, 0) is 31.7 Å². The third-order valence-electron chi connectivity index (χ3n) is 4.19. The van der Waals surface area contributed by atoms with Crippen molar-refractivity contribution < 1.29 is 8.42 Å². The van der Waals surface area contributed by atoms with Crippen LogP contribution in [0.1, 0.15) is 37.4 Å². The normalized spacial score (nSPS) is 30.5. The van der Waals surface area contributed by atoms with Gasteiger partial charge in [0.2, 0.25) is 0 Å². The second-order valence-electron chi connectivity index (χ2n) is 5.74. The van der Waals surface area contributed by atoms with Gasteiger partial charge in [-0.2, -0.15) is 0 Å². The average Bonchev–Trinajstić information content (AvgIpc) is 2.98. The van der Waals surface area contributed by atoms with Crippen LogP contribution in [-0.2, 0) is 16.4 Å². The molecule has 0 radical (unpaired) electrons. The zero-order valence-corrected chi connectivity index (χ0v) is 11.9. The van der Waals surface area contributed by atoms with E-state index in [0.717, 1.165) is 25.9 Å². The van der Waals surface area contributed by atoms with E-state index in [9.17, 15) is 8.42 Å². The van der Waals surface area contributed by atoms with Crippen LogP contribution < -0.4 is 5.32 Å². The molecule has 0 aromatic carbocycles. The van der Waals surface area contributed by atoms with Gasteiger partial charge in [0.15, 0.2) is 9.84 Å². The van der Waals surface area contributed by atoms with Crippen molar-refractivity contribution in [2.24, 2.45) is 5.92 Å². The van der Waals surface area contributed by atoms with Crippen molar-refractivity contribution in [1.29, 1.82) is 0 Å². The molecular weight excluding hydrogens is 262 g/mol. The van der Waals surface area contributed by atoms with Crippen molar-refractivity contribution >= 4 is 9.84 Å². The van der Waals surface area contributed by atoms with Crippen molar-refractivity contribution in [1.82, 2.24) is 14.9 Å². The number of nitrogens with zero attached hydrogens (tertiary/aromatic N) is 2. The number of aromatic nitrogens is 2. The van der Waals surface area contributed by atoms with E-state index in [-0.39, 0.29) is 5.92 Å². The van der Waals surface area contributed by atoms with Crippen molar-refractivity contribution in [2.45, 2.75) is 38.3 Å². The Labute approximate surface area is 114 Å². The van der Waals surface area contributed by atoms with Crippen LogP contribution in [-0.4, -0.2) is 36.0 Å². The SMILES string of the molecule is O=S1(=O)CCC(Cn2cncc2C2CCCCN2)C1. The fourth-order valence-electron chi connectivity index (χ4n) is 3.17. The molecule has 1 N–H and O–H groups in total. The molecule has 2 unspecified atom stereocenters. The average molecular weight is 283 g/mol. The smallest absolute Gasteiger partial charge is 0.150 e. The van der Waals surface area contributed by atoms with E-state index in [0.29, 0.717) is 17.5 Å². The largest absolute Gasteiger partial charge is 0.333 e. The highest BCUT2D eigenvalue weighted by molar-refractivity contribution is 7.91. The lowest BCUT2D eigenvalue weighted by atomic mass is 10.0. The van der Waals surface area contributed by atoms with Gasteiger partial charge in [-0.3, -0.25) is 0 Å². The standard InChI is InChI=1S/C13H21N3O2S/c17-19(18)6-4-11(9-19)8-16-10-14-7-13(16)12-3-1-2-5-15-12/h7,10-12,15H,1-6,8-9H2. The number of piperidine rings is 1. The Bertz CT molecular complexity index is 532. The Morgan fingerprint density at radius 1 is 1.37 bits per heavy atom. The monoisotopic (exact) mass is 283 g/mol. The van der Waals surface area contributed by atoms with Crippen molar-refractivity contribution in [3.8, 4) is 0 Å². The minimum atomic E-state index is -2.79. The third-order valence-corrected chi connectivity index (χ3v) is 6.03. The Balaban J connectivity index is 1.70. The van der Waals surface area contributed by atoms with Crippen LogP contribution >= 0.6 is 0 Å². The molecule has 0 amide bonds. The van der Waals surface area contributed by atoms with Gasteiger partial charge in [0, 0.05) is 18.8 Å². The van der Waals surface area contributed by atoms with Crippen LogP contribution in [0.25, 0.3) is 0 Å². The Morgan fingerprint density at radius 3 is 2.95 bits per heavy atom. The lowest BCUT2D eigenvalue weighted by molar-refractivity contribution is 0.381. The summed E-state index contributed by atoms with van der Waals surface area (Å²) < 4.78 is 25.2. The molecular formula is C13H21N3O2S. The molecule has 0 bridgehead atoms. The molecule has 19 heavy (non-hydrogen) atoms. The minimum Gasteiger partial charge on any atom is -0.333 e. The van der Waals surface area contributed by atoms with Gasteiger partial charge < -0.3 is 9.88 Å². The fraction of sp³-hybridized carbons (Fsp3) is 0.769. The van der Waals surface area contributed by atoms with E-state index in [1.807, 2.05) is 12.5 Å². The molecule has 0 spiro atoms. The van der Waals surface area contributed by atoms with Crippen LogP contribution in [0.15, 0.2) is 12.5 Å². The first kappa shape index (κ1) is 13.1. The summed E-state index contributed by atoms with van der Waals surface area (Å²) in [5, 5.41) is 3.52. The third kappa shape index (κ3) is 3.00. The summed E-state index contributed by atoms with van der Waals surface area (Å²) >= 11 is 0. The number of sulfone groups is 1. The first-order valence-corrected chi connectivity index (χ1v) is 8.90. The predicted molar refractivity (Wildman–Crippen MR) is 73.6 cm³/mol. The molecule has 0 aliphatic carbocycles. The van der Waals surface area contributed by atoms with Gasteiger partial charge in [-0.25, -0.2) is 13.4 Å². The van der Waals surface area contributed by atoms with E-state index in [4.69, 9.17) is 0 Å². The number of imidazole rings is 1. The van der Waals surface area contributed by atoms with Crippen molar-refractivity contribution in [3.05, 3.63) is 18.2 Å². The topological polar surface area (TPSA) is 64.0 Å². The maximum Gasteiger partial charge on any atom is 0.150 e. The summed E-state index contributed by atoms with van der Waals surface area (Å²) in [5.41, 5.74) is 1.21. The van der Waals surface area contributed by atoms with Crippen LogP contribution in [0.4, 0.5) is 0 Å². The quantitative estimate of drug-likeness (QED) is 0.903. The molecule has 6 heteroatoms. The van der Waals surface area contributed by atoms with Crippen LogP contribution in [0.3, 0.4) is 0 Å². The van der Waals surface area contributed by atoms with Crippen LogP contribution in [0.5, 0.6) is 0 Å². The van der Waals surface area contributed by atoms with Crippen LogP contribution in [0.2, 0.25) is 0 Å². The summed E-state index contributed by atoms with van der Waals surface area (Å²) in [4.78, 5) is 4.25. The van der Waals surface area contributed by atoms with Gasteiger partial charge in [0.25, 0.3) is 0 Å². The van der Waals surface area contributed by atoms with Gasteiger partial charge in [-0.15, -0.1) is 0 Å². The number of hydrogen-bond acceptors (Lipinski definition) is 4. The highest BCUT2D eigenvalue weighted by Crippen LogP contribution is 2.25. The Morgan fingerprint density at radius 2 is 2.26 bits per heavy atom. The van der Waals surface area contributed by atoms with E-state index >= 15 is 0 Å². The zero-order chi connectivity index (χ0) is 13.3. The maximum absolute atomic E-state index is 11.5. The van der Waals surface area contributed by atoms with E-state index < -0.39 is 9.84 Å². The minimum absolute atomic E-state index is 0.251. The van der Waals surface area contributed by atoms with Gasteiger partial charge in [0.05, 0.1) is 23.5 Å². The summed E-state index contributed by atoms with van der Waals surface area (Å²) in [6.45, 7) is 1.85. The second-order valence-corrected chi connectivity index (χ2v) is 7.97. The summed E-state index contributed by atoms with van der Waals surface area (Å²) in [6, 6.07) is 0.384. The molecule has 2 saturated heterocycles. The zero-order valence-electron chi connectivity index (χ0n) is 11.1. The Hall–Kier alpha value is -0.880. The van der Waals surface area contributed by atoms with E-state index in [1.165, 1.54) is 18.5 Å². The van der Waals surface area contributed by atoms with Crippen molar-refractivity contribution in [3.63, 3.8) is 0 Å². The summed E-state index contributed by atoms with van der Waals surface area (Å²) in [7, 11) is -2.79. The molecule has 2 fully saturated rings. The fourth-order valence-corrected chi connectivity index (χ4v) is 5.02. The molecule has 2 atom stereocenters. The molecule has 0 saturated carbocycles. The first-order chi connectivity index (χ1) is 9.14. The van der Waals surface area contributed by atoms with Gasteiger partial charge >= 0.3 is 0 Å². The molecule has 3 heterocycles. The van der Waals surface area contributed by atoms with Crippen molar-refractivity contribution in [2.75, 3.05) is 18.1 Å². The first-order valence-electron chi connectivity index (χ1n) is 7.08. The number of hydrogen-bond donors (Lipinski definition) is 1. The molecule has 2 aliphatic rings. The lowest BCUT2D eigenvalue weighted by Crippen LogP contribution is -2.29. The lowest BCUT2D eigenvalue weighted by Gasteiger charge is -2.25.